The number of rotatable bonds is 2. The number of aldehydes is 1. The lowest BCUT2D eigenvalue weighted by molar-refractivity contribution is -0.118. The molecule has 0 saturated carbocycles. The van der Waals surface area contributed by atoms with Crippen LogP contribution in [-0.4, -0.2) is 17.7 Å². The number of carbonyl (C=O) groups is 2. The highest BCUT2D eigenvalue weighted by Crippen LogP contribution is 1.94. The van der Waals surface area contributed by atoms with Crippen LogP contribution in [0.4, 0.5) is 0 Å². The van der Waals surface area contributed by atoms with Crippen molar-refractivity contribution in [3.8, 4) is 0 Å². The molecule has 0 bridgehead atoms. The van der Waals surface area contributed by atoms with Gasteiger partial charge in [-0.2, -0.15) is 0 Å². The number of nitrogens with one attached hydrogen (secondary N) is 1. The van der Waals surface area contributed by atoms with Gasteiger partial charge in [0.25, 0.3) is 0 Å². The lowest BCUT2D eigenvalue weighted by Crippen LogP contribution is -2.33. The minimum absolute atomic E-state index is 0.370. The molecule has 0 saturated heterocycles. The van der Waals surface area contributed by atoms with Crippen LogP contribution < -0.4 is 5.43 Å². The Kier molecular flexibility index (Phi) is 1.84. The van der Waals surface area contributed by atoms with Crippen molar-refractivity contribution in [1.82, 2.24) is 10.4 Å². The second kappa shape index (κ2) is 2.82. The van der Waals surface area contributed by atoms with Crippen molar-refractivity contribution in [2.24, 2.45) is 0 Å². The van der Waals surface area contributed by atoms with E-state index in [1.807, 2.05) is 0 Å². The summed E-state index contributed by atoms with van der Waals surface area (Å²) in [6.45, 7) is 0. The second-order valence-corrected chi connectivity index (χ2v) is 1.71. The summed E-state index contributed by atoms with van der Waals surface area (Å²) in [5, 5.41) is 1.16. The molecule has 0 aromatic rings. The number of allylic oxidation sites excluding steroid dienone is 3. The Hall–Kier alpha value is -1.58. The van der Waals surface area contributed by atoms with E-state index in [1.54, 1.807) is 12.2 Å². The molecule has 1 heterocycles. The van der Waals surface area contributed by atoms with Crippen LogP contribution in [0.1, 0.15) is 0 Å². The van der Waals surface area contributed by atoms with Gasteiger partial charge in [0, 0.05) is 6.20 Å². The van der Waals surface area contributed by atoms with Gasteiger partial charge >= 0.3 is 0 Å². The van der Waals surface area contributed by atoms with E-state index in [4.69, 9.17) is 0 Å². The maximum atomic E-state index is 10.1. The number of nitrogens with zero attached hydrogens (tertiary/aromatic N) is 1. The van der Waals surface area contributed by atoms with Crippen molar-refractivity contribution in [1.29, 1.82) is 0 Å². The zero-order valence-corrected chi connectivity index (χ0v) is 5.15. The molecule has 0 aromatic heterocycles. The lowest BCUT2D eigenvalue weighted by atomic mass is 10.4. The van der Waals surface area contributed by atoms with E-state index in [-0.39, 0.29) is 0 Å². The van der Waals surface area contributed by atoms with Gasteiger partial charge in [0.05, 0.1) is 5.70 Å². The van der Waals surface area contributed by atoms with Gasteiger partial charge in [-0.05, 0) is 12.2 Å². The quantitative estimate of drug-likeness (QED) is 0.526. The molecule has 0 fully saturated rings. The number of hydrogen-bond acceptors (Lipinski definition) is 3. The molecule has 1 rings (SSSR count). The smallest absolute Gasteiger partial charge is 0.232 e. The molecule has 0 spiro atoms. The third kappa shape index (κ3) is 1.22. The predicted molar refractivity (Wildman–Crippen MR) is 34.3 cm³/mol. The van der Waals surface area contributed by atoms with Crippen LogP contribution >= 0.6 is 0 Å². The first-order chi connectivity index (χ1) is 4.86. The summed E-state index contributed by atoms with van der Waals surface area (Å²) in [6, 6.07) is 0. The van der Waals surface area contributed by atoms with Crippen LogP contribution in [0, 0.1) is 0 Å². The number of hydrogen-bond donors (Lipinski definition) is 1. The average molecular weight is 138 g/mol. The summed E-state index contributed by atoms with van der Waals surface area (Å²) in [6.07, 6.45) is 5.91. The van der Waals surface area contributed by atoms with E-state index in [2.05, 4.69) is 5.43 Å². The van der Waals surface area contributed by atoms with Crippen molar-refractivity contribution >= 4 is 12.7 Å². The SMILES string of the molecule is O=CC1=CC=CN(C=O)N1. The average Bonchev–Trinajstić information content (AvgIpc) is 2.05. The first-order valence-corrected chi connectivity index (χ1v) is 2.71. The third-order valence-electron chi connectivity index (χ3n) is 1.02. The molecular weight excluding hydrogens is 132 g/mol. The number of hydrazine groups is 1. The Morgan fingerprint density at radius 1 is 1.50 bits per heavy atom. The maximum absolute atomic E-state index is 10.1. The van der Waals surface area contributed by atoms with Crippen LogP contribution in [0.3, 0.4) is 0 Å². The predicted octanol–water partition coefficient (Wildman–Crippen LogP) is -0.441. The summed E-state index contributed by atoms with van der Waals surface area (Å²) in [4.78, 5) is 20.2. The second-order valence-electron chi connectivity index (χ2n) is 1.71. The molecule has 1 aliphatic heterocycles. The molecule has 10 heavy (non-hydrogen) atoms. The molecule has 0 aliphatic carbocycles. The van der Waals surface area contributed by atoms with Gasteiger partial charge in [-0.1, -0.05) is 0 Å². The van der Waals surface area contributed by atoms with Gasteiger partial charge in [0.2, 0.25) is 6.41 Å². The normalized spacial score (nSPS) is 15.6. The van der Waals surface area contributed by atoms with Crippen LogP contribution in [0.2, 0.25) is 0 Å². The molecule has 0 aromatic carbocycles. The number of carbonyl (C=O) groups excluding carboxylic acids is 2. The summed E-state index contributed by atoms with van der Waals surface area (Å²) in [7, 11) is 0. The zero-order valence-electron chi connectivity index (χ0n) is 5.15. The van der Waals surface area contributed by atoms with Crippen molar-refractivity contribution < 1.29 is 9.59 Å². The molecule has 0 atom stereocenters. The van der Waals surface area contributed by atoms with Crippen molar-refractivity contribution in [3.63, 3.8) is 0 Å². The van der Waals surface area contributed by atoms with Crippen LogP contribution in [-0.2, 0) is 9.59 Å². The first-order valence-electron chi connectivity index (χ1n) is 2.71. The minimum Gasteiger partial charge on any atom is -0.296 e. The van der Waals surface area contributed by atoms with Crippen LogP contribution in [0.15, 0.2) is 24.0 Å². The van der Waals surface area contributed by atoms with E-state index < -0.39 is 0 Å². The van der Waals surface area contributed by atoms with Crippen molar-refractivity contribution in [2.75, 3.05) is 0 Å². The summed E-state index contributed by atoms with van der Waals surface area (Å²) >= 11 is 0. The number of amides is 1. The monoisotopic (exact) mass is 138 g/mol. The Labute approximate surface area is 57.8 Å². The first kappa shape index (κ1) is 6.54. The van der Waals surface area contributed by atoms with E-state index in [0.717, 1.165) is 5.01 Å². The zero-order chi connectivity index (χ0) is 7.40. The summed E-state index contributed by atoms with van der Waals surface area (Å²) in [5.41, 5.74) is 2.89. The van der Waals surface area contributed by atoms with Gasteiger partial charge in [0.1, 0.15) is 0 Å². The topological polar surface area (TPSA) is 49.4 Å². The fourth-order valence-corrected chi connectivity index (χ4v) is 0.590. The molecule has 0 radical (unpaired) electrons. The summed E-state index contributed by atoms with van der Waals surface area (Å²) in [5.74, 6) is 0. The van der Waals surface area contributed by atoms with Crippen LogP contribution in [0.5, 0.6) is 0 Å². The Morgan fingerprint density at radius 3 is 2.90 bits per heavy atom. The molecule has 1 N–H and O–H groups in total. The van der Waals surface area contributed by atoms with Gasteiger partial charge in [0.15, 0.2) is 6.29 Å². The molecular formula is C6H6N2O2. The molecule has 52 valence electrons. The molecule has 1 amide bonds. The lowest BCUT2D eigenvalue weighted by Gasteiger charge is -2.16. The highest BCUT2D eigenvalue weighted by molar-refractivity contribution is 5.73. The molecule has 4 heteroatoms. The fraction of sp³-hybridized carbons (Fsp3) is 0. The van der Waals surface area contributed by atoms with Gasteiger partial charge in [-0.15, -0.1) is 0 Å². The molecule has 1 aliphatic rings. The van der Waals surface area contributed by atoms with E-state index in [9.17, 15) is 9.59 Å². The highest BCUT2D eigenvalue weighted by atomic mass is 16.1. The fourth-order valence-electron chi connectivity index (χ4n) is 0.590. The maximum Gasteiger partial charge on any atom is 0.232 e. The van der Waals surface area contributed by atoms with Gasteiger partial charge in [-0.25, -0.2) is 5.01 Å². The van der Waals surface area contributed by atoms with Crippen molar-refractivity contribution in [3.05, 3.63) is 24.0 Å². The van der Waals surface area contributed by atoms with Gasteiger partial charge < -0.3 is 0 Å². The molecule has 4 nitrogen and oxygen atoms in total. The van der Waals surface area contributed by atoms with Crippen LogP contribution in [0.25, 0.3) is 0 Å². The van der Waals surface area contributed by atoms with E-state index in [0.29, 0.717) is 18.4 Å². The Morgan fingerprint density at radius 2 is 2.30 bits per heavy atom. The Balaban J connectivity index is 2.66. The summed E-state index contributed by atoms with van der Waals surface area (Å²) < 4.78 is 0. The third-order valence-corrected chi connectivity index (χ3v) is 1.02. The standard InChI is InChI=1S/C6H6N2O2/c9-4-6-2-1-3-8(5-10)7-6/h1-5,7H. The largest absolute Gasteiger partial charge is 0.296 e. The van der Waals surface area contributed by atoms with E-state index in [1.165, 1.54) is 6.20 Å². The minimum atomic E-state index is 0.370. The van der Waals surface area contributed by atoms with Crippen molar-refractivity contribution in [2.45, 2.75) is 0 Å². The highest BCUT2D eigenvalue weighted by Gasteiger charge is 2.01. The molecule has 0 unspecified atom stereocenters. The Bertz CT molecular complexity index is 208. The van der Waals surface area contributed by atoms with E-state index >= 15 is 0 Å². The van der Waals surface area contributed by atoms with Gasteiger partial charge in [-0.3, -0.25) is 15.0 Å².